The van der Waals surface area contributed by atoms with Crippen LogP contribution in [0.1, 0.15) is 49.7 Å². The number of likely N-dealkylation sites (N-methyl/N-ethyl adjacent to an activating group) is 1. The Morgan fingerprint density at radius 2 is 1.61 bits per heavy atom. The number of hydrogen-bond donors (Lipinski definition) is 0. The van der Waals surface area contributed by atoms with Gasteiger partial charge in [0.15, 0.2) is 0 Å². The van der Waals surface area contributed by atoms with Crippen LogP contribution in [0.15, 0.2) is 23.1 Å². The molecule has 0 saturated carbocycles. The smallest absolute Gasteiger partial charge is 0.244 e. The van der Waals surface area contributed by atoms with Gasteiger partial charge in [-0.15, -0.1) is 0 Å². The molecule has 31 heavy (non-hydrogen) atoms. The highest BCUT2D eigenvalue weighted by molar-refractivity contribution is 7.89. The number of hydrogen-bond acceptors (Lipinski definition) is 4. The minimum absolute atomic E-state index is 0.00327. The van der Waals surface area contributed by atoms with Crippen molar-refractivity contribution < 1.29 is 18.0 Å². The second-order valence-electron chi connectivity index (χ2n) is 9.24. The Morgan fingerprint density at radius 3 is 2.29 bits per heavy atom. The molecule has 8 heteroatoms. The van der Waals surface area contributed by atoms with E-state index in [1.165, 1.54) is 16.3 Å². The van der Waals surface area contributed by atoms with Gasteiger partial charge in [-0.3, -0.25) is 9.59 Å². The first-order valence-electron chi connectivity index (χ1n) is 11.4. The molecule has 1 aromatic rings. The van der Waals surface area contributed by atoms with Crippen LogP contribution < -0.4 is 0 Å². The molecule has 0 aromatic heterocycles. The van der Waals surface area contributed by atoms with E-state index in [0.717, 1.165) is 31.2 Å². The number of likely N-dealkylation sites (tertiary alicyclic amines) is 1. The highest BCUT2D eigenvalue weighted by atomic mass is 32.2. The molecule has 4 rings (SSSR count). The third kappa shape index (κ3) is 4.37. The van der Waals surface area contributed by atoms with E-state index in [2.05, 4.69) is 0 Å². The standard InChI is InChI=1S/C23H33N3O4S/c1-24(2)23(28)21-8-5-13-26(21)22(27)18-11-14-25(15-12-18)31(29,30)20-10-9-17-6-3-4-7-19(17)16-20/h9-10,16,18,21H,3-8,11-15H2,1-2H3. The van der Waals surface area contributed by atoms with E-state index in [1.807, 2.05) is 12.1 Å². The number of amides is 2. The Kier molecular flexibility index (Phi) is 6.40. The maximum absolute atomic E-state index is 13.2. The van der Waals surface area contributed by atoms with Crippen LogP contribution in [0.2, 0.25) is 0 Å². The summed E-state index contributed by atoms with van der Waals surface area (Å²) in [5.41, 5.74) is 2.42. The van der Waals surface area contributed by atoms with Crippen LogP contribution in [-0.2, 0) is 32.5 Å². The number of piperidine rings is 1. The fourth-order valence-electron chi connectivity index (χ4n) is 5.18. The van der Waals surface area contributed by atoms with Gasteiger partial charge in [-0.25, -0.2) is 8.42 Å². The highest BCUT2D eigenvalue weighted by Crippen LogP contribution is 2.30. The van der Waals surface area contributed by atoms with Crippen molar-refractivity contribution >= 4 is 21.8 Å². The Hall–Kier alpha value is -1.93. The van der Waals surface area contributed by atoms with Crippen LogP contribution in [0.5, 0.6) is 0 Å². The van der Waals surface area contributed by atoms with Crippen LogP contribution >= 0.6 is 0 Å². The van der Waals surface area contributed by atoms with Gasteiger partial charge in [-0.2, -0.15) is 4.31 Å². The number of nitrogens with zero attached hydrogens (tertiary/aromatic N) is 3. The SMILES string of the molecule is CN(C)C(=O)C1CCCN1C(=O)C1CCN(S(=O)(=O)c2ccc3c(c2)CCCC3)CC1. The molecule has 2 fully saturated rings. The molecule has 7 nitrogen and oxygen atoms in total. The Balaban J connectivity index is 1.41. The topological polar surface area (TPSA) is 78.0 Å². The molecule has 2 saturated heterocycles. The number of aryl methyl sites for hydroxylation is 2. The number of carbonyl (C=O) groups excluding carboxylic acids is 2. The lowest BCUT2D eigenvalue weighted by Crippen LogP contribution is -2.49. The zero-order valence-corrected chi connectivity index (χ0v) is 19.4. The fraction of sp³-hybridized carbons (Fsp3) is 0.652. The molecular weight excluding hydrogens is 414 g/mol. The van der Waals surface area contributed by atoms with Gasteiger partial charge in [-0.1, -0.05) is 6.07 Å². The van der Waals surface area contributed by atoms with Gasteiger partial charge in [0.2, 0.25) is 21.8 Å². The molecule has 1 aromatic carbocycles. The Labute approximate surface area is 185 Å². The first kappa shape index (κ1) is 22.3. The molecule has 2 amide bonds. The average Bonchev–Trinajstić information content (AvgIpc) is 3.27. The largest absolute Gasteiger partial charge is 0.347 e. The maximum Gasteiger partial charge on any atom is 0.244 e. The summed E-state index contributed by atoms with van der Waals surface area (Å²) < 4.78 is 27.9. The Morgan fingerprint density at radius 1 is 0.935 bits per heavy atom. The van der Waals surface area contributed by atoms with Crippen molar-refractivity contribution in [2.75, 3.05) is 33.7 Å². The van der Waals surface area contributed by atoms with Gasteiger partial charge in [0.05, 0.1) is 4.90 Å². The quantitative estimate of drug-likeness (QED) is 0.708. The lowest BCUT2D eigenvalue weighted by atomic mass is 9.92. The van der Waals surface area contributed by atoms with Gasteiger partial charge in [0.25, 0.3) is 0 Å². The predicted molar refractivity (Wildman–Crippen MR) is 118 cm³/mol. The van der Waals surface area contributed by atoms with E-state index < -0.39 is 10.0 Å². The van der Waals surface area contributed by atoms with Crippen molar-refractivity contribution in [3.8, 4) is 0 Å². The molecule has 2 aliphatic heterocycles. The second-order valence-corrected chi connectivity index (χ2v) is 11.2. The third-order valence-electron chi connectivity index (χ3n) is 7.02. The zero-order valence-electron chi connectivity index (χ0n) is 18.5. The van der Waals surface area contributed by atoms with Crippen LogP contribution in [-0.4, -0.2) is 74.1 Å². The van der Waals surface area contributed by atoms with Crippen molar-refractivity contribution in [3.63, 3.8) is 0 Å². The van der Waals surface area contributed by atoms with E-state index in [9.17, 15) is 18.0 Å². The van der Waals surface area contributed by atoms with Crippen molar-refractivity contribution in [1.29, 1.82) is 0 Å². The number of fused-ring (bicyclic) bond motifs is 1. The molecule has 1 unspecified atom stereocenters. The first-order chi connectivity index (χ1) is 14.8. The first-order valence-corrected chi connectivity index (χ1v) is 12.9. The summed E-state index contributed by atoms with van der Waals surface area (Å²) in [4.78, 5) is 29.2. The summed E-state index contributed by atoms with van der Waals surface area (Å²) in [7, 11) is -0.120. The molecular formula is C23H33N3O4S. The lowest BCUT2D eigenvalue weighted by molar-refractivity contribution is -0.145. The molecule has 1 atom stereocenters. The summed E-state index contributed by atoms with van der Waals surface area (Å²) in [6, 6.07) is 5.17. The van der Waals surface area contributed by atoms with Crippen molar-refractivity contribution in [2.24, 2.45) is 5.92 Å². The van der Waals surface area contributed by atoms with Crippen molar-refractivity contribution in [3.05, 3.63) is 29.3 Å². The number of benzene rings is 1. The second kappa shape index (κ2) is 8.90. The van der Waals surface area contributed by atoms with Crippen molar-refractivity contribution in [1.82, 2.24) is 14.1 Å². The van der Waals surface area contributed by atoms with E-state index in [0.29, 0.717) is 43.8 Å². The summed E-state index contributed by atoms with van der Waals surface area (Å²) >= 11 is 0. The minimum atomic E-state index is -3.55. The van der Waals surface area contributed by atoms with Gasteiger partial charge < -0.3 is 9.80 Å². The number of sulfonamides is 1. The van der Waals surface area contributed by atoms with Gasteiger partial charge in [-0.05, 0) is 74.6 Å². The van der Waals surface area contributed by atoms with Crippen LogP contribution in [0.4, 0.5) is 0 Å². The van der Waals surface area contributed by atoms with E-state index in [4.69, 9.17) is 0 Å². The minimum Gasteiger partial charge on any atom is -0.347 e. The van der Waals surface area contributed by atoms with Crippen molar-refractivity contribution in [2.45, 2.75) is 62.3 Å². The molecule has 3 aliphatic rings. The summed E-state index contributed by atoms with van der Waals surface area (Å²) in [6.07, 6.45) is 6.78. The summed E-state index contributed by atoms with van der Waals surface area (Å²) in [5.74, 6) is -0.243. The van der Waals surface area contributed by atoms with E-state index >= 15 is 0 Å². The molecule has 0 radical (unpaired) electrons. The lowest BCUT2D eigenvalue weighted by Gasteiger charge is -2.34. The summed E-state index contributed by atoms with van der Waals surface area (Å²) in [6.45, 7) is 1.29. The Bertz CT molecular complexity index is 952. The molecule has 0 bridgehead atoms. The third-order valence-corrected chi connectivity index (χ3v) is 8.92. The monoisotopic (exact) mass is 447 g/mol. The molecule has 0 spiro atoms. The fourth-order valence-corrected chi connectivity index (χ4v) is 6.70. The summed E-state index contributed by atoms with van der Waals surface area (Å²) in [5, 5.41) is 0. The maximum atomic E-state index is 13.2. The molecule has 0 N–H and O–H groups in total. The predicted octanol–water partition coefficient (Wildman–Crippen LogP) is 2.05. The average molecular weight is 448 g/mol. The van der Waals surface area contributed by atoms with Crippen LogP contribution in [0.3, 0.4) is 0 Å². The van der Waals surface area contributed by atoms with E-state index in [-0.39, 0.29) is 23.8 Å². The number of rotatable bonds is 4. The normalized spacial score (nSPS) is 22.9. The van der Waals surface area contributed by atoms with Gasteiger partial charge in [0.1, 0.15) is 6.04 Å². The highest BCUT2D eigenvalue weighted by Gasteiger charge is 2.40. The van der Waals surface area contributed by atoms with Crippen LogP contribution in [0, 0.1) is 5.92 Å². The number of carbonyl (C=O) groups is 2. The zero-order chi connectivity index (χ0) is 22.2. The van der Waals surface area contributed by atoms with E-state index in [1.54, 1.807) is 30.0 Å². The molecule has 1 aliphatic carbocycles. The molecule has 2 heterocycles. The molecule has 170 valence electrons. The van der Waals surface area contributed by atoms with Gasteiger partial charge in [0, 0.05) is 39.6 Å². The van der Waals surface area contributed by atoms with Gasteiger partial charge >= 0.3 is 0 Å². The van der Waals surface area contributed by atoms with Crippen LogP contribution in [0.25, 0.3) is 0 Å².